The molecule has 0 amide bonds. The third-order valence-corrected chi connectivity index (χ3v) is 10.6. The maximum atomic E-state index is 11.8. The van der Waals surface area contributed by atoms with Gasteiger partial charge in [-0.15, -0.1) is 0 Å². The molecule has 0 spiro atoms. The average Bonchev–Trinajstić information content (AvgIpc) is 3.11. The van der Waals surface area contributed by atoms with Crippen LogP contribution >= 0.6 is 0 Å². The second kappa shape index (κ2) is 25.6. The molecule has 0 fully saturated rings. The monoisotopic (exact) mass is 790 g/mol. The molecule has 0 aliphatic rings. The van der Waals surface area contributed by atoms with Crippen LogP contribution in [0.2, 0.25) is 0 Å². The summed E-state index contributed by atoms with van der Waals surface area (Å²) in [6.45, 7) is 4.38. The zero-order valence-electron chi connectivity index (χ0n) is 31.3. The largest absolute Gasteiger partial charge is 2.00 e. The first kappa shape index (κ1) is 46.7. The van der Waals surface area contributed by atoms with Crippen molar-refractivity contribution in [3.8, 4) is 23.0 Å². The van der Waals surface area contributed by atoms with Gasteiger partial charge in [0, 0.05) is 0 Å². The maximum absolute atomic E-state index is 11.8. The van der Waals surface area contributed by atoms with Crippen LogP contribution in [0.5, 0.6) is 23.0 Å². The molecule has 0 aromatic heterocycles. The second-order valence-electron chi connectivity index (χ2n) is 13.0. The Morgan fingerprint density at radius 3 is 1.08 bits per heavy atom. The van der Waals surface area contributed by atoms with Gasteiger partial charge in [0.2, 0.25) is 0 Å². The third kappa shape index (κ3) is 17.7. The van der Waals surface area contributed by atoms with Gasteiger partial charge >= 0.3 is 37.7 Å². The maximum Gasteiger partial charge on any atom is 2.00 e. The Bertz CT molecular complexity index is 1680. The van der Waals surface area contributed by atoms with Gasteiger partial charge in [0.05, 0.1) is 0 Å². The van der Waals surface area contributed by atoms with E-state index in [2.05, 4.69) is 13.8 Å². The van der Waals surface area contributed by atoms with Gasteiger partial charge in [0.15, 0.2) is 0 Å². The van der Waals surface area contributed by atoms with Crippen molar-refractivity contribution in [3.05, 3.63) is 108 Å². The zero-order chi connectivity index (χ0) is 37.7. The van der Waals surface area contributed by atoms with Gasteiger partial charge in [-0.3, -0.25) is 0 Å². The first-order valence-electron chi connectivity index (χ1n) is 18.7. The van der Waals surface area contributed by atoms with E-state index in [1.807, 2.05) is 12.1 Å². The quantitative estimate of drug-likeness (QED) is 0.0436. The van der Waals surface area contributed by atoms with Crippen LogP contribution in [0.1, 0.15) is 115 Å². The molecule has 0 aliphatic heterocycles. The standard InChI is InChI=1S/2C21H28O4S.Ca/c2*1-2-3-4-5-6-7-9-13-18-14-12-17-20(21(18)26(22,23)24)25-19-15-10-8-11-16-19;/h2*8,10-12,14-17H,2-7,9,13H2,1H3,(H,22,23,24);/q;;+2/p-2. The molecule has 11 heteroatoms. The topological polar surface area (TPSA) is 133 Å². The molecule has 4 rings (SSSR count). The predicted molar refractivity (Wildman–Crippen MR) is 211 cm³/mol. The van der Waals surface area contributed by atoms with Crippen LogP contribution < -0.4 is 9.47 Å². The Balaban J connectivity index is 0.000000360. The van der Waals surface area contributed by atoms with E-state index >= 15 is 0 Å². The molecular formula is C42H54CaO8S2. The Morgan fingerprint density at radius 2 is 0.755 bits per heavy atom. The minimum absolute atomic E-state index is 0. The fourth-order valence-electron chi connectivity index (χ4n) is 6.02. The van der Waals surface area contributed by atoms with Crippen molar-refractivity contribution in [2.75, 3.05) is 0 Å². The molecule has 4 aromatic rings. The predicted octanol–water partition coefficient (Wildman–Crippen LogP) is 11.0. The SMILES string of the molecule is CCCCCCCCCc1cccc(Oc2ccccc2)c1S(=O)(=O)[O-].CCCCCCCCCc1cccc(Oc2ccccc2)c1S(=O)(=O)[O-].[Ca+2]. The molecule has 0 aliphatic carbocycles. The van der Waals surface area contributed by atoms with Gasteiger partial charge in [-0.2, -0.15) is 0 Å². The molecule has 0 bridgehead atoms. The number of rotatable bonds is 22. The van der Waals surface area contributed by atoms with Crippen LogP contribution in [0.15, 0.2) is 107 Å². The summed E-state index contributed by atoms with van der Waals surface area (Å²) in [7, 11) is -9.23. The van der Waals surface area contributed by atoms with E-state index in [9.17, 15) is 25.9 Å². The van der Waals surface area contributed by atoms with Crippen molar-refractivity contribution in [3.63, 3.8) is 0 Å². The summed E-state index contributed by atoms with van der Waals surface area (Å²) in [5.74, 6) is 1.22. The Kier molecular flexibility index (Phi) is 22.6. The fourth-order valence-corrected chi connectivity index (χ4v) is 7.72. The molecule has 53 heavy (non-hydrogen) atoms. The van der Waals surface area contributed by atoms with E-state index in [4.69, 9.17) is 9.47 Å². The first-order chi connectivity index (χ1) is 25.0. The van der Waals surface area contributed by atoms with E-state index in [0.29, 0.717) is 35.5 Å². The van der Waals surface area contributed by atoms with E-state index < -0.39 is 20.2 Å². The molecule has 8 nitrogen and oxygen atoms in total. The smallest absolute Gasteiger partial charge is 0.744 e. The number of aryl methyl sites for hydroxylation is 2. The van der Waals surface area contributed by atoms with Gasteiger partial charge in [-0.1, -0.05) is 152 Å². The van der Waals surface area contributed by atoms with Gasteiger partial charge in [-0.25, -0.2) is 16.8 Å². The summed E-state index contributed by atoms with van der Waals surface area (Å²) >= 11 is 0. The molecule has 0 unspecified atom stereocenters. The minimum atomic E-state index is -4.61. The summed E-state index contributed by atoms with van der Waals surface area (Å²) in [4.78, 5) is -0.454. The molecule has 0 atom stereocenters. The summed E-state index contributed by atoms with van der Waals surface area (Å²) in [6.07, 6.45) is 17.1. The van der Waals surface area contributed by atoms with E-state index in [-0.39, 0.29) is 59.0 Å². The third-order valence-electron chi connectivity index (χ3n) is 8.66. The number of hydrogen-bond donors (Lipinski definition) is 0. The molecule has 0 saturated heterocycles. The Morgan fingerprint density at radius 1 is 0.434 bits per heavy atom. The minimum Gasteiger partial charge on any atom is -0.744 e. The van der Waals surface area contributed by atoms with Crippen LogP contribution in [-0.2, 0) is 33.1 Å². The van der Waals surface area contributed by atoms with Crippen molar-refractivity contribution >= 4 is 58.0 Å². The molecule has 0 saturated carbocycles. The molecule has 0 heterocycles. The van der Waals surface area contributed by atoms with Crippen molar-refractivity contribution in [2.45, 2.75) is 126 Å². The summed E-state index contributed by atoms with van der Waals surface area (Å²) in [6, 6.07) is 27.7. The van der Waals surface area contributed by atoms with Gasteiger partial charge < -0.3 is 18.6 Å². The van der Waals surface area contributed by atoms with Crippen molar-refractivity contribution < 1.29 is 35.4 Å². The van der Waals surface area contributed by atoms with Gasteiger partial charge in [0.1, 0.15) is 53.0 Å². The zero-order valence-corrected chi connectivity index (χ0v) is 35.2. The van der Waals surface area contributed by atoms with E-state index in [1.165, 1.54) is 63.5 Å². The Labute approximate surface area is 348 Å². The number of para-hydroxylation sites is 2. The van der Waals surface area contributed by atoms with Crippen LogP contribution in [0, 0.1) is 0 Å². The first-order valence-corrected chi connectivity index (χ1v) is 21.5. The summed E-state index contributed by atoms with van der Waals surface area (Å²) < 4.78 is 82.4. The van der Waals surface area contributed by atoms with Crippen molar-refractivity contribution in [1.82, 2.24) is 0 Å². The normalized spacial score (nSPS) is 11.2. The van der Waals surface area contributed by atoms with Crippen LogP contribution in [0.4, 0.5) is 0 Å². The molecular weight excluding hydrogens is 737 g/mol. The Hall–Kier alpha value is -2.44. The van der Waals surface area contributed by atoms with Crippen LogP contribution in [-0.4, -0.2) is 63.7 Å². The summed E-state index contributed by atoms with van der Waals surface area (Å²) in [5.41, 5.74) is 1.09. The summed E-state index contributed by atoms with van der Waals surface area (Å²) in [5, 5.41) is 0. The number of ether oxygens (including phenoxy) is 2. The fraction of sp³-hybridized carbons (Fsp3) is 0.429. The van der Waals surface area contributed by atoms with Crippen LogP contribution in [0.25, 0.3) is 0 Å². The van der Waals surface area contributed by atoms with Crippen molar-refractivity contribution in [1.29, 1.82) is 0 Å². The van der Waals surface area contributed by atoms with Gasteiger partial charge in [-0.05, 0) is 73.2 Å². The second-order valence-corrected chi connectivity index (χ2v) is 15.6. The molecule has 0 radical (unpaired) electrons. The number of benzene rings is 4. The number of unbranched alkanes of at least 4 members (excludes halogenated alkanes) is 12. The number of hydrogen-bond acceptors (Lipinski definition) is 8. The van der Waals surface area contributed by atoms with Gasteiger partial charge in [0.25, 0.3) is 0 Å². The van der Waals surface area contributed by atoms with E-state index in [0.717, 1.165) is 38.5 Å². The van der Waals surface area contributed by atoms with Crippen molar-refractivity contribution in [2.24, 2.45) is 0 Å². The molecule has 0 N–H and O–H groups in total. The molecule has 4 aromatic carbocycles. The average molecular weight is 791 g/mol. The van der Waals surface area contributed by atoms with E-state index in [1.54, 1.807) is 72.8 Å². The van der Waals surface area contributed by atoms with Crippen LogP contribution in [0.3, 0.4) is 0 Å². The molecule has 284 valence electrons.